The number of carbonyl (C=O) groups is 2. The second-order valence-corrected chi connectivity index (χ2v) is 6.01. The van der Waals surface area contributed by atoms with Gasteiger partial charge in [-0.2, -0.15) is 5.26 Å². The maximum absolute atomic E-state index is 11.9. The standard InChI is InChI=1S/C19H25NO6/c1-5-26-16-10-14(24-3)6-7-15(16)19(12-20,9-8-17(21)22)11-13(2)18(23)25-4/h6-7,10,13H,5,8-9,11H2,1-4H3,(H,21,22). The van der Waals surface area contributed by atoms with Crippen LogP contribution < -0.4 is 9.47 Å². The van der Waals surface area contributed by atoms with Gasteiger partial charge in [0.1, 0.15) is 11.5 Å². The molecule has 0 saturated carbocycles. The molecule has 7 nitrogen and oxygen atoms in total. The molecule has 0 fully saturated rings. The van der Waals surface area contributed by atoms with Crippen molar-refractivity contribution in [1.82, 2.24) is 0 Å². The molecule has 0 aliphatic rings. The summed E-state index contributed by atoms with van der Waals surface area (Å²) < 4.78 is 15.6. The molecule has 26 heavy (non-hydrogen) atoms. The Morgan fingerprint density at radius 3 is 2.54 bits per heavy atom. The number of nitrogens with zero attached hydrogens (tertiary/aromatic N) is 1. The summed E-state index contributed by atoms with van der Waals surface area (Å²) in [7, 11) is 2.80. The Morgan fingerprint density at radius 2 is 2.04 bits per heavy atom. The lowest BCUT2D eigenvalue weighted by molar-refractivity contribution is -0.145. The average Bonchev–Trinajstić information content (AvgIpc) is 2.64. The monoisotopic (exact) mass is 363 g/mol. The second kappa shape index (κ2) is 9.66. The Hall–Kier alpha value is -2.75. The highest BCUT2D eigenvalue weighted by atomic mass is 16.5. The lowest BCUT2D eigenvalue weighted by Gasteiger charge is -2.30. The molecule has 0 spiro atoms. The number of benzene rings is 1. The van der Waals surface area contributed by atoms with Crippen molar-refractivity contribution in [2.24, 2.45) is 5.92 Å². The van der Waals surface area contributed by atoms with Crippen molar-refractivity contribution >= 4 is 11.9 Å². The Kier molecular flexibility index (Phi) is 7.91. The van der Waals surface area contributed by atoms with E-state index in [1.807, 2.05) is 6.92 Å². The largest absolute Gasteiger partial charge is 0.497 e. The van der Waals surface area contributed by atoms with Gasteiger partial charge < -0.3 is 19.3 Å². The van der Waals surface area contributed by atoms with Gasteiger partial charge in [-0.15, -0.1) is 0 Å². The molecule has 0 heterocycles. The van der Waals surface area contributed by atoms with Crippen LogP contribution in [0.5, 0.6) is 11.5 Å². The maximum atomic E-state index is 11.9. The summed E-state index contributed by atoms with van der Waals surface area (Å²) in [6.07, 6.45) is -0.0402. The van der Waals surface area contributed by atoms with Crippen molar-refractivity contribution < 1.29 is 28.9 Å². The van der Waals surface area contributed by atoms with Crippen LogP contribution in [0.1, 0.15) is 38.7 Å². The molecule has 0 amide bonds. The summed E-state index contributed by atoms with van der Waals surface area (Å²) in [5.41, 5.74) is -0.664. The summed E-state index contributed by atoms with van der Waals surface area (Å²) >= 11 is 0. The van der Waals surface area contributed by atoms with Crippen molar-refractivity contribution in [1.29, 1.82) is 5.26 Å². The van der Waals surface area contributed by atoms with E-state index in [1.165, 1.54) is 14.2 Å². The summed E-state index contributed by atoms with van der Waals surface area (Å²) in [6.45, 7) is 3.83. The minimum Gasteiger partial charge on any atom is -0.497 e. The van der Waals surface area contributed by atoms with Crippen molar-refractivity contribution in [3.63, 3.8) is 0 Å². The minimum atomic E-state index is -1.21. The van der Waals surface area contributed by atoms with E-state index < -0.39 is 23.3 Å². The van der Waals surface area contributed by atoms with Gasteiger partial charge in [0.05, 0.1) is 38.2 Å². The number of ether oxygens (including phenoxy) is 3. The Morgan fingerprint density at radius 1 is 1.35 bits per heavy atom. The zero-order valence-corrected chi connectivity index (χ0v) is 15.6. The predicted molar refractivity (Wildman–Crippen MR) is 94.1 cm³/mol. The number of rotatable bonds is 10. The lowest BCUT2D eigenvalue weighted by atomic mass is 9.71. The molecule has 1 rings (SSSR count). The number of carboxylic acids is 1. The highest BCUT2D eigenvalue weighted by Crippen LogP contribution is 2.42. The van der Waals surface area contributed by atoms with Gasteiger partial charge in [-0.3, -0.25) is 9.59 Å². The zero-order chi connectivity index (χ0) is 19.7. The fourth-order valence-electron chi connectivity index (χ4n) is 2.94. The first-order valence-electron chi connectivity index (χ1n) is 8.35. The molecule has 2 unspecified atom stereocenters. The molecule has 2 atom stereocenters. The van der Waals surface area contributed by atoms with E-state index in [-0.39, 0.29) is 19.3 Å². The van der Waals surface area contributed by atoms with Gasteiger partial charge in [-0.05, 0) is 25.8 Å². The minimum absolute atomic E-state index is 0.0482. The predicted octanol–water partition coefficient (Wildman–Crippen LogP) is 2.92. The van der Waals surface area contributed by atoms with E-state index in [1.54, 1.807) is 25.1 Å². The number of hydrogen-bond acceptors (Lipinski definition) is 6. The first-order chi connectivity index (χ1) is 12.3. The molecule has 0 aliphatic heterocycles. The first kappa shape index (κ1) is 21.3. The summed E-state index contributed by atoms with van der Waals surface area (Å²) in [6, 6.07) is 7.28. The van der Waals surface area contributed by atoms with E-state index in [0.29, 0.717) is 23.7 Å². The van der Waals surface area contributed by atoms with E-state index in [9.17, 15) is 14.9 Å². The number of aliphatic carboxylic acids is 1. The topological polar surface area (TPSA) is 106 Å². The highest BCUT2D eigenvalue weighted by Gasteiger charge is 2.39. The van der Waals surface area contributed by atoms with Gasteiger partial charge in [0, 0.05) is 18.1 Å². The molecule has 0 bridgehead atoms. The van der Waals surface area contributed by atoms with Crippen molar-refractivity contribution in [3.8, 4) is 17.6 Å². The molecule has 142 valence electrons. The van der Waals surface area contributed by atoms with Crippen molar-refractivity contribution in [3.05, 3.63) is 23.8 Å². The van der Waals surface area contributed by atoms with E-state index >= 15 is 0 Å². The normalized spacial score (nSPS) is 13.8. The van der Waals surface area contributed by atoms with E-state index in [4.69, 9.17) is 19.3 Å². The van der Waals surface area contributed by atoms with Crippen LogP contribution in [0.4, 0.5) is 0 Å². The number of carbonyl (C=O) groups excluding carboxylic acids is 1. The molecule has 1 aromatic rings. The number of nitriles is 1. The molecule has 0 aliphatic carbocycles. The third-order valence-electron chi connectivity index (χ3n) is 4.24. The molecular weight excluding hydrogens is 338 g/mol. The Labute approximate surface area is 153 Å². The van der Waals surface area contributed by atoms with Crippen LogP contribution >= 0.6 is 0 Å². The lowest BCUT2D eigenvalue weighted by Crippen LogP contribution is -2.31. The highest BCUT2D eigenvalue weighted by molar-refractivity contribution is 5.72. The fourth-order valence-corrected chi connectivity index (χ4v) is 2.94. The van der Waals surface area contributed by atoms with Gasteiger partial charge >= 0.3 is 11.9 Å². The molecule has 7 heteroatoms. The van der Waals surface area contributed by atoms with Gasteiger partial charge in [-0.25, -0.2) is 0 Å². The van der Waals surface area contributed by atoms with Crippen molar-refractivity contribution in [2.75, 3.05) is 20.8 Å². The van der Waals surface area contributed by atoms with Crippen LogP contribution in [0.15, 0.2) is 18.2 Å². The van der Waals surface area contributed by atoms with Crippen LogP contribution in [0.3, 0.4) is 0 Å². The van der Waals surface area contributed by atoms with Crippen LogP contribution in [-0.2, 0) is 19.7 Å². The number of hydrogen-bond donors (Lipinski definition) is 1. The number of methoxy groups -OCH3 is 2. The number of carboxylic acid groups (broad SMARTS) is 1. The first-order valence-corrected chi connectivity index (χ1v) is 8.35. The van der Waals surface area contributed by atoms with Crippen molar-refractivity contribution in [2.45, 2.75) is 38.5 Å². The molecule has 0 aromatic heterocycles. The fraction of sp³-hybridized carbons (Fsp3) is 0.526. The zero-order valence-electron chi connectivity index (χ0n) is 15.6. The summed E-state index contributed by atoms with van der Waals surface area (Å²) in [5, 5.41) is 19.1. The second-order valence-electron chi connectivity index (χ2n) is 6.01. The van der Waals surface area contributed by atoms with Gasteiger partial charge in [0.15, 0.2) is 0 Å². The molecule has 1 aromatic carbocycles. The Bertz CT molecular complexity index is 681. The molecule has 0 saturated heterocycles. The van der Waals surface area contributed by atoms with Gasteiger partial charge in [0.25, 0.3) is 0 Å². The summed E-state index contributed by atoms with van der Waals surface area (Å²) in [5.74, 6) is -1.04. The molecule has 1 N–H and O–H groups in total. The average molecular weight is 363 g/mol. The molecular formula is C19H25NO6. The van der Waals surface area contributed by atoms with Crippen LogP contribution in [0, 0.1) is 17.2 Å². The van der Waals surface area contributed by atoms with E-state index in [2.05, 4.69) is 6.07 Å². The smallest absolute Gasteiger partial charge is 0.308 e. The third-order valence-corrected chi connectivity index (χ3v) is 4.24. The van der Waals surface area contributed by atoms with Crippen LogP contribution in [0.2, 0.25) is 0 Å². The van der Waals surface area contributed by atoms with Gasteiger partial charge in [-0.1, -0.05) is 13.0 Å². The van der Waals surface area contributed by atoms with E-state index in [0.717, 1.165) is 0 Å². The van der Waals surface area contributed by atoms with Gasteiger partial charge in [0.2, 0.25) is 0 Å². The third kappa shape index (κ3) is 5.12. The maximum Gasteiger partial charge on any atom is 0.308 e. The SMILES string of the molecule is CCOc1cc(OC)ccc1C(C#N)(CCC(=O)O)CC(C)C(=O)OC. The number of esters is 1. The summed E-state index contributed by atoms with van der Waals surface area (Å²) in [4.78, 5) is 23.0. The Balaban J connectivity index is 3.45. The van der Waals surface area contributed by atoms with Crippen LogP contribution in [0.25, 0.3) is 0 Å². The van der Waals surface area contributed by atoms with Crippen LogP contribution in [-0.4, -0.2) is 37.9 Å². The quantitative estimate of drug-likeness (QED) is 0.637. The molecule has 0 radical (unpaired) electrons.